The fraction of sp³-hybridized carbons (Fsp3) is 0.238. The lowest BCUT2D eigenvalue weighted by Gasteiger charge is -2.14. The molecule has 1 aromatic heterocycles. The van der Waals surface area contributed by atoms with Crippen molar-refractivity contribution in [3.05, 3.63) is 89.7 Å². The highest BCUT2D eigenvalue weighted by Gasteiger charge is 2.04. The Balaban J connectivity index is 0.00000261. The molecule has 0 bridgehead atoms. The van der Waals surface area contributed by atoms with Crippen molar-refractivity contribution in [2.75, 3.05) is 6.54 Å². The van der Waals surface area contributed by atoms with E-state index in [1.807, 2.05) is 35.1 Å². The standard InChI is InChI=1S/C21H25N5.HI/c1-2-22-21(23-15-18-9-4-3-5-10-18)24-16-19-11-6-7-12-20(19)17-26-14-8-13-25-26;/h3-14H,2,15-17H2,1H3,(H2,22,23,24);1H. The van der Waals surface area contributed by atoms with E-state index in [2.05, 4.69) is 64.0 Å². The van der Waals surface area contributed by atoms with E-state index in [4.69, 9.17) is 0 Å². The number of aromatic nitrogens is 2. The van der Waals surface area contributed by atoms with Gasteiger partial charge in [-0.1, -0.05) is 54.6 Å². The van der Waals surface area contributed by atoms with E-state index >= 15 is 0 Å². The number of nitrogens with zero attached hydrogens (tertiary/aromatic N) is 3. The molecule has 2 N–H and O–H groups in total. The van der Waals surface area contributed by atoms with Crippen LogP contribution in [0.3, 0.4) is 0 Å². The number of hydrogen-bond donors (Lipinski definition) is 2. The molecule has 0 fully saturated rings. The maximum Gasteiger partial charge on any atom is 0.191 e. The summed E-state index contributed by atoms with van der Waals surface area (Å²) in [5, 5.41) is 11.0. The van der Waals surface area contributed by atoms with Crippen LogP contribution in [-0.2, 0) is 19.6 Å². The third kappa shape index (κ3) is 6.71. The summed E-state index contributed by atoms with van der Waals surface area (Å²) < 4.78 is 1.94. The van der Waals surface area contributed by atoms with E-state index < -0.39 is 0 Å². The van der Waals surface area contributed by atoms with Gasteiger partial charge in [-0.15, -0.1) is 24.0 Å². The van der Waals surface area contributed by atoms with Crippen LogP contribution in [0.15, 0.2) is 78.0 Å². The summed E-state index contributed by atoms with van der Waals surface area (Å²) >= 11 is 0. The lowest BCUT2D eigenvalue weighted by Crippen LogP contribution is -2.37. The van der Waals surface area contributed by atoms with Gasteiger partial charge in [0.05, 0.1) is 13.1 Å². The van der Waals surface area contributed by atoms with Gasteiger partial charge in [-0.05, 0) is 29.7 Å². The highest BCUT2D eigenvalue weighted by molar-refractivity contribution is 14.0. The van der Waals surface area contributed by atoms with Crippen LogP contribution >= 0.6 is 24.0 Å². The van der Waals surface area contributed by atoms with Gasteiger partial charge in [0.15, 0.2) is 5.96 Å². The molecule has 2 aromatic carbocycles. The van der Waals surface area contributed by atoms with Gasteiger partial charge in [-0.2, -0.15) is 5.10 Å². The van der Waals surface area contributed by atoms with Crippen molar-refractivity contribution in [2.45, 2.75) is 26.6 Å². The fourth-order valence-electron chi connectivity index (χ4n) is 2.73. The van der Waals surface area contributed by atoms with Crippen LogP contribution in [0.2, 0.25) is 0 Å². The van der Waals surface area contributed by atoms with Crippen molar-refractivity contribution in [3.8, 4) is 0 Å². The van der Waals surface area contributed by atoms with Gasteiger partial charge in [-0.3, -0.25) is 4.68 Å². The minimum Gasteiger partial charge on any atom is -0.357 e. The molecule has 3 aromatic rings. The maximum absolute atomic E-state index is 4.68. The summed E-state index contributed by atoms with van der Waals surface area (Å²) in [6.45, 7) is 5.05. The molecule has 3 rings (SSSR count). The molecular formula is C21H26IN5. The molecule has 1 heterocycles. The van der Waals surface area contributed by atoms with Crippen molar-refractivity contribution >= 4 is 29.9 Å². The Morgan fingerprint density at radius 1 is 0.963 bits per heavy atom. The molecule has 0 saturated carbocycles. The predicted octanol–water partition coefficient (Wildman–Crippen LogP) is 3.80. The maximum atomic E-state index is 4.68. The van der Waals surface area contributed by atoms with Crippen molar-refractivity contribution in [1.29, 1.82) is 0 Å². The highest BCUT2D eigenvalue weighted by Crippen LogP contribution is 2.10. The van der Waals surface area contributed by atoms with Crippen LogP contribution in [0.1, 0.15) is 23.6 Å². The molecule has 6 heteroatoms. The van der Waals surface area contributed by atoms with Crippen molar-refractivity contribution in [1.82, 2.24) is 20.4 Å². The second kappa shape index (κ2) is 11.4. The lowest BCUT2D eigenvalue weighted by atomic mass is 10.1. The van der Waals surface area contributed by atoms with Gasteiger partial charge in [0.25, 0.3) is 0 Å². The second-order valence-electron chi connectivity index (χ2n) is 6.01. The largest absolute Gasteiger partial charge is 0.357 e. The first-order chi connectivity index (χ1) is 12.8. The predicted molar refractivity (Wildman–Crippen MR) is 121 cm³/mol. The number of guanidine groups is 1. The number of benzene rings is 2. The fourth-order valence-corrected chi connectivity index (χ4v) is 2.73. The van der Waals surface area contributed by atoms with E-state index in [0.29, 0.717) is 6.54 Å². The average Bonchev–Trinajstić information content (AvgIpc) is 3.19. The Labute approximate surface area is 177 Å². The van der Waals surface area contributed by atoms with Crippen LogP contribution in [-0.4, -0.2) is 22.3 Å². The molecule has 0 aliphatic carbocycles. The Bertz CT molecular complexity index is 816. The molecule has 27 heavy (non-hydrogen) atoms. The Morgan fingerprint density at radius 3 is 2.41 bits per heavy atom. The quantitative estimate of drug-likeness (QED) is 0.311. The summed E-state index contributed by atoms with van der Waals surface area (Å²) in [7, 11) is 0. The lowest BCUT2D eigenvalue weighted by molar-refractivity contribution is 0.677. The van der Waals surface area contributed by atoms with Crippen LogP contribution < -0.4 is 10.6 Å². The van der Waals surface area contributed by atoms with Crippen LogP contribution in [0.5, 0.6) is 0 Å². The first-order valence-electron chi connectivity index (χ1n) is 8.95. The zero-order valence-electron chi connectivity index (χ0n) is 15.5. The number of aliphatic imine (C=N–C) groups is 1. The topological polar surface area (TPSA) is 54.2 Å². The first kappa shape index (κ1) is 21.0. The van der Waals surface area contributed by atoms with E-state index in [1.54, 1.807) is 6.20 Å². The zero-order valence-corrected chi connectivity index (χ0v) is 17.8. The van der Waals surface area contributed by atoms with Gasteiger partial charge < -0.3 is 10.6 Å². The monoisotopic (exact) mass is 475 g/mol. The molecule has 5 nitrogen and oxygen atoms in total. The van der Waals surface area contributed by atoms with Crippen LogP contribution in [0.4, 0.5) is 0 Å². The SMILES string of the molecule is CCNC(=NCc1ccccc1)NCc1ccccc1Cn1cccn1.I. The Hall–Kier alpha value is -2.35. The minimum absolute atomic E-state index is 0. The summed E-state index contributed by atoms with van der Waals surface area (Å²) in [4.78, 5) is 4.68. The van der Waals surface area contributed by atoms with Gasteiger partial charge in [0, 0.05) is 25.5 Å². The van der Waals surface area contributed by atoms with Gasteiger partial charge in [0.2, 0.25) is 0 Å². The smallest absolute Gasteiger partial charge is 0.191 e. The molecular weight excluding hydrogens is 449 g/mol. The number of rotatable bonds is 7. The van der Waals surface area contributed by atoms with Gasteiger partial charge in [-0.25, -0.2) is 4.99 Å². The third-order valence-electron chi connectivity index (χ3n) is 4.06. The number of hydrogen-bond acceptors (Lipinski definition) is 2. The van der Waals surface area contributed by atoms with Crippen molar-refractivity contribution in [2.24, 2.45) is 4.99 Å². The third-order valence-corrected chi connectivity index (χ3v) is 4.06. The second-order valence-corrected chi connectivity index (χ2v) is 6.01. The molecule has 0 spiro atoms. The van der Waals surface area contributed by atoms with Crippen molar-refractivity contribution in [3.63, 3.8) is 0 Å². The molecule has 0 aliphatic heterocycles. The molecule has 0 atom stereocenters. The van der Waals surface area contributed by atoms with E-state index in [9.17, 15) is 0 Å². The number of halogens is 1. The van der Waals surface area contributed by atoms with Gasteiger partial charge in [0.1, 0.15) is 0 Å². The molecule has 142 valence electrons. The number of nitrogens with one attached hydrogen (secondary N) is 2. The summed E-state index contributed by atoms with van der Waals surface area (Å²) in [5.74, 6) is 0.824. The highest BCUT2D eigenvalue weighted by atomic mass is 127. The molecule has 0 saturated heterocycles. The van der Waals surface area contributed by atoms with Crippen LogP contribution in [0.25, 0.3) is 0 Å². The van der Waals surface area contributed by atoms with Crippen LogP contribution in [0, 0.1) is 0 Å². The van der Waals surface area contributed by atoms with E-state index in [-0.39, 0.29) is 24.0 Å². The normalized spacial score (nSPS) is 10.9. The molecule has 0 unspecified atom stereocenters. The summed E-state index contributed by atoms with van der Waals surface area (Å²) in [5.41, 5.74) is 3.69. The first-order valence-corrected chi connectivity index (χ1v) is 8.95. The molecule has 0 amide bonds. The summed E-state index contributed by atoms with van der Waals surface area (Å²) in [6.07, 6.45) is 3.79. The Morgan fingerprint density at radius 2 is 1.70 bits per heavy atom. The summed E-state index contributed by atoms with van der Waals surface area (Å²) in [6, 6.07) is 20.6. The van der Waals surface area contributed by atoms with E-state index in [1.165, 1.54) is 16.7 Å². The minimum atomic E-state index is 0. The van der Waals surface area contributed by atoms with Gasteiger partial charge >= 0.3 is 0 Å². The van der Waals surface area contributed by atoms with E-state index in [0.717, 1.165) is 25.6 Å². The average molecular weight is 475 g/mol. The Kier molecular flexibility index (Phi) is 8.83. The zero-order chi connectivity index (χ0) is 18.0. The molecule has 0 aliphatic rings. The molecule has 0 radical (unpaired) electrons. The van der Waals surface area contributed by atoms with Crippen molar-refractivity contribution < 1.29 is 0 Å².